The number of hydrogen-bond donors (Lipinski definition) is 1. The minimum Gasteiger partial charge on any atom is -0.443 e. The van der Waals surface area contributed by atoms with E-state index in [0.29, 0.717) is 23.4 Å². The van der Waals surface area contributed by atoms with E-state index in [1.54, 1.807) is 6.33 Å². The topological polar surface area (TPSA) is 112 Å². The molecule has 1 aliphatic heterocycles. The Labute approximate surface area is 257 Å². The molecule has 1 saturated heterocycles. The first-order valence-corrected chi connectivity index (χ1v) is 17.4. The van der Waals surface area contributed by atoms with E-state index in [-0.39, 0.29) is 13.2 Å². The first-order chi connectivity index (χ1) is 19.8. The molecule has 1 amide bonds. The van der Waals surface area contributed by atoms with Crippen molar-refractivity contribution in [2.24, 2.45) is 5.41 Å². The average Bonchev–Trinajstić information content (AvgIpc) is 3.45. The predicted molar refractivity (Wildman–Crippen MR) is 169 cm³/mol. The molecule has 10 nitrogen and oxygen atoms in total. The van der Waals surface area contributed by atoms with Gasteiger partial charge in [0, 0.05) is 6.42 Å². The monoisotopic (exact) mass is 610 g/mol. The van der Waals surface area contributed by atoms with E-state index in [1.807, 2.05) is 97.2 Å². The molecule has 3 aromatic rings. The largest absolute Gasteiger partial charge is 0.443 e. The molecular weight excluding hydrogens is 562 g/mol. The van der Waals surface area contributed by atoms with Crippen LogP contribution in [0.5, 0.6) is 0 Å². The molecule has 235 valence electrons. The van der Waals surface area contributed by atoms with Crippen LogP contribution >= 0.6 is 0 Å². The second kappa shape index (κ2) is 11.6. The number of benzene rings is 1. The number of rotatable bonds is 7. The van der Waals surface area contributed by atoms with Crippen LogP contribution < -0.4 is 4.90 Å². The zero-order valence-corrected chi connectivity index (χ0v) is 28.6. The van der Waals surface area contributed by atoms with Crippen molar-refractivity contribution in [3.05, 3.63) is 48.5 Å². The first kappa shape index (κ1) is 33.0. The minimum atomic E-state index is -1.30. The van der Waals surface area contributed by atoms with Gasteiger partial charge in [-0.1, -0.05) is 64.2 Å². The maximum absolute atomic E-state index is 13.6. The van der Waals surface area contributed by atoms with Crippen LogP contribution in [0, 0.1) is 5.41 Å². The van der Waals surface area contributed by atoms with Crippen molar-refractivity contribution in [2.45, 2.75) is 117 Å². The van der Waals surface area contributed by atoms with Crippen molar-refractivity contribution in [1.29, 1.82) is 0 Å². The number of carbonyl (C=O) groups is 1. The molecular formula is C32H48N5O5Si. The SMILES string of the molecule is C[Si](C)[C@]1(n2cnc3c(N(Cc4ccccc4)C(=O)OC(C)(C)C)ncnc32)C[C@@](O)(C(C)(C)C)[C@@H](COC(C)(C)C)O1. The smallest absolute Gasteiger partial charge is 0.416 e. The van der Waals surface area contributed by atoms with Gasteiger partial charge in [0.05, 0.1) is 25.1 Å². The molecule has 4 rings (SSSR count). The van der Waals surface area contributed by atoms with Gasteiger partial charge in [0.2, 0.25) is 0 Å². The fourth-order valence-corrected chi connectivity index (χ4v) is 7.02. The highest BCUT2D eigenvalue weighted by Gasteiger charge is 2.62. The van der Waals surface area contributed by atoms with Gasteiger partial charge in [0.1, 0.15) is 37.8 Å². The number of aliphatic hydroxyl groups is 1. The highest BCUT2D eigenvalue weighted by atomic mass is 28.3. The van der Waals surface area contributed by atoms with Crippen molar-refractivity contribution in [2.75, 3.05) is 11.5 Å². The summed E-state index contributed by atoms with van der Waals surface area (Å²) in [5.41, 5.74) is -0.911. The molecule has 0 bridgehead atoms. The fourth-order valence-electron chi connectivity index (χ4n) is 5.37. The van der Waals surface area contributed by atoms with E-state index < -0.39 is 48.6 Å². The van der Waals surface area contributed by atoms with E-state index >= 15 is 0 Å². The molecule has 0 aliphatic carbocycles. The van der Waals surface area contributed by atoms with Gasteiger partial charge < -0.3 is 19.3 Å². The third-order valence-corrected chi connectivity index (χ3v) is 9.98. The van der Waals surface area contributed by atoms with E-state index in [9.17, 15) is 9.90 Å². The van der Waals surface area contributed by atoms with Gasteiger partial charge in [-0.15, -0.1) is 0 Å². The molecule has 0 unspecified atom stereocenters. The lowest BCUT2D eigenvalue weighted by molar-refractivity contribution is -0.159. The summed E-state index contributed by atoms with van der Waals surface area (Å²) in [4.78, 5) is 29.0. The molecule has 11 heteroatoms. The Hall–Kier alpha value is -2.86. The van der Waals surface area contributed by atoms with Crippen molar-refractivity contribution in [3.63, 3.8) is 0 Å². The van der Waals surface area contributed by atoms with Gasteiger partial charge >= 0.3 is 6.09 Å². The van der Waals surface area contributed by atoms with Gasteiger partial charge in [0.25, 0.3) is 0 Å². The van der Waals surface area contributed by atoms with Crippen molar-refractivity contribution < 1.29 is 24.1 Å². The van der Waals surface area contributed by atoms with E-state index in [2.05, 4.69) is 23.1 Å². The fraction of sp³-hybridized carbons (Fsp3) is 0.625. The number of anilines is 1. The molecule has 1 aliphatic rings. The van der Waals surface area contributed by atoms with Crippen LogP contribution in [0.3, 0.4) is 0 Å². The second-order valence-electron chi connectivity index (χ2n) is 14.7. The Bertz CT molecular complexity index is 1430. The number of ether oxygens (including phenoxy) is 3. The van der Waals surface area contributed by atoms with Crippen LogP contribution in [0.2, 0.25) is 13.1 Å². The van der Waals surface area contributed by atoms with Crippen molar-refractivity contribution in [3.8, 4) is 0 Å². The van der Waals surface area contributed by atoms with Gasteiger partial charge in [-0.05, 0) is 52.5 Å². The Morgan fingerprint density at radius 1 is 1.05 bits per heavy atom. The van der Waals surface area contributed by atoms with Gasteiger partial charge in [0.15, 0.2) is 17.0 Å². The highest BCUT2D eigenvalue weighted by Crippen LogP contribution is 2.52. The van der Waals surface area contributed by atoms with Crippen LogP contribution in [-0.2, 0) is 26.1 Å². The number of nitrogens with zero attached hydrogens (tertiary/aromatic N) is 5. The van der Waals surface area contributed by atoms with Gasteiger partial charge in [-0.3, -0.25) is 9.47 Å². The molecule has 0 saturated carbocycles. The number of amides is 1. The summed E-state index contributed by atoms with van der Waals surface area (Å²) in [6.07, 6.45) is 2.37. The molecule has 1 aromatic carbocycles. The lowest BCUT2D eigenvalue weighted by Crippen LogP contribution is -2.52. The molecule has 1 N–H and O–H groups in total. The summed E-state index contributed by atoms with van der Waals surface area (Å²) >= 11 is 0. The molecule has 3 atom stereocenters. The minimum absolute atomic E-state index is 0.239. The summed E-state index contributed by atoms with van der Waals surface area (Å²) in [7, 11) is -1.30. The summed E-state index contributed by atoms with van der Waals surface area (Å²) in [5.74, 6) is 0.342. The van der Waals surface area contributed by atoms with Crippen molar-refractivity contribution >= 4 is 31.9 Å². The Morgan fingerprint density at radius 3 is 2.26 bits per heavy atom. The number of aromatic nitrogens is 4. The molecule has 43 heavy (non-hydrogen) atoms. The van der Waals surface area contributed by atoms with E-state index in [1.165, 1.54) is 11.2 Å². The Balaban J connectivity index is 1.84. The Kier molecular flexibility index (Phi) is 8.89. The molecule has 1 radical (unpaired) electrons. The molecule has 2 aromatic heterocycles. The quantitative estimate of drug-likeness (QED) is 0.320. The molecule has 1 fully saturated rings. The van der Waals surface area contributed by atoms with Gasteiger partial charge in [-0.25, -0.2) is 19.7 Å². The highest BCUT2D eigenvalue weighted by molar-refractivity contribution is 6.58. The lowest BCUT2D eigenvalue weighted by atomic mass is 9.72. The zero-order valence-electron chi connectivity index (χ0n) is 27.6. The van der Waals surface area contributed by atoms with Crippen LogP contribution in [0.4, 0.5) is 10.6 Å². The number of fused-ring (bicyclic) bond motifs is 1. The zero-order chi connectivity index (χ0) is 32.0. The normalized spacial score (nSPS) is 23.2. The Morgan fingerprint density at radius 2 is 1.70 bits per heavy atom. The third-order valence-electron chi connectivity index (χ3n) is 7.88. The number of carbonyl (C=O) groups excluding carboxylic acids is 1. The maximum atomic E-state index is 13.6. The van der Waals surface area contributed by atoms with E-state index in [0.717, 1.165) is 5.56 Å². The van der Waals surface area contributed by atoms with Crippen LogP contribution in [-0.4, -0.2) is 69.0 Å². The predicted octanol–water partition coefficient (Wildman–Crippen LogP) is 6.10. The standard InChI is InChI=1S/C32H48N5O5Si/c1-28(2,3)31(39)19-32(43(10)11,41-23(31)18-40-29(4,5)6)37-21-35-24-25(33-20-34-26(24)37)36(27(38)42-30(7,8)9)17-22-15-13-12-14-16-22/h12-16,20-21,23,39H,17-19H2,1-11H3/t23-,31+,32+/m1/s1. The second-order valence-corrected chi connectivity index (χ2v) is 17.5. The first-order valence-electron chi connectivity index (χ1n) is 14.9. The van der Waals surface area contributed by atoms with Crippen LogP contribution in [0.25, 0.3) is 11.2 Å². The maximum Gasteiger partial charge on any atom is 0.416 e. The lowest BCUT2D eigenvalue weighted by Gasteiger charge is -2.41. The summed E-state index contributed by atoms with van der Waals surface area (Å²) in [6, 6.07) is 9.68. The number of hydrogen-bond acceptors (Lipinski definition) is 8. The summed E-state index contributed by atoms with van der Waals surface area (Å²) < 4.78 is 20.8. The summed E-state index contributed by atoms with van der Waals surface area (Å²) in [5, 5.41) is 11.4. The van der Waals surface area contributed by atoms with Crippen LogP contribution in [0.15, 0.2) is 43.0 Å². The third kappa shape index (κ3) is 6.79. The molecule has 0 spiro atoms. The molecule has 3 heterocycles. The summed E-state index contributed by atoms with van der Waals surface area (Å²) in [6.45, 7) is 22.4. The van der Waals surface area contributed by atoms with E-state index in [4.69, 9.17) is 19.2 Å². The van der Waals surface area contributed by atoms with Crippen molar-refractivity contribution in [1.82, 2.24) is 19.5 Å². The number of imidazole rings is 1. The van der Waals surface area contributed by atoms with Gasteiger partial charge in [-0.2, -0.15) is 0 Å². The van der Waals surface area contributed by atoms with Crippen LogP contribution in [0.1, 0.15) is 74.3 Å². The average molecular weight is 611 g/mol.